The number of benzene rings is 2. The molecule has 2 aromatic rings. The number of rotatable bonds is 8. The van der Waals surface area contributed by atoms with Gasteiger partial charge in [-0.1, -0.05) is 18.2 Å². The second-order valence-corrected chi connectivity index (χ2v) is 8.85. The molecule has 1 heterocycles. The standard InChI is InChI=1S/C23H25F4N3O2S/c24-18-4-6-19(7-5-18)28-21(31)14-33-15-22(32)29-20-8-10-30(11-9-20)13-16-2-1-3-17(12-16)23(25,26)27/h1-7,12,20H,8-11,13-15H2,(H,28,31)(H,29,32). The molecule has 2 aromatic carbocycles. The van der Waals surface area contributed by atoms with E-state index in [1.165, 1.54) is 48.2 Å². The minimum atomic E-state index is -4.35. The van der Waals surface area contributed by atoms with E-state index in [1.54, 1.807) is 6.07 Å². The number of anilines is 1. The van der Waals surface area contributed by atoms with E-state index in [2.05, 4.69) is 15.5 Å². The highest BCUT2D eigenvalue weighted by Crippen LogP contribution is 2.30. The third-order valence-corrected chi connectivity index (χ3v) is 6.14. The predicted octanol–water partition coefficient (Wildman–Crippen LogP) is 4.30. The highest BCUT2D eigenvalue weighted by Gasteiger charge is 2.30. The maximum atomic E-state index is 12.9. The molecular weight excluding hydrogens is 458 g/mol. The summed E-state index contributed by atoms with van der Waals surface area (Å²) >= 11 is 1.19. The molecule has 0 aromatic heterocycles. The highest BCUT2D eigenvalue weighted by molar-refractivity contribution is 8.00. The van der Waals surface area contributed by atoms with Crippen molar-refractivity contribution < 1.29 is 27.2 Å². The monoisotopic (exact) mass is 483 g/mol. The minimum Gasteiger partial charge on any atom is -0.353 e. The van der Waals surface area contributed by atoms with E-state index in [-0.39, 0.29) is 35.2 Å². The van der Waals surface area contributed by atoms with Crippen LogP contribution in [0.2, 0.25) is 0 Å². The molecule has 3 rings (SSSR count). The van der Waals surface area contributed by atoms with Crippen LogP contribution < -0.4 is 10.6 Å². The normalized spacial score (nSPS) is 15.3. The van der Waals surface area contributed by atoms with Gasteiger partial charge in [0.15, 0.2) is 0 Å². The second-order valence-electron chi connectivity index (χ2n) is 7.86. The lowest BCUT2D eigenvalue weighted by Crippen LogP contribution is -2.45. The van der Waals surface area contributed by atoms with Crippen LogP contribution in [0.1, 0.15) is 24.0 Å². The Morgan fingerprint density at radius 2 is 1.67 bits per heavy atom. The third kappa shape index (κ3) is 8.36. The SMILES string of the molecule is O=C(CSCC(=O)NC1CCN(Cc2cccc(C(F)(F)F)c2)CC1)Nc1ccc(F)cc1. The lowest BCUT2D eigenvalue weighted by Gasteiger charge is -2.32. The van der Waals surface area contributed by atoms with E-state index in [1.807, 2.05) is 0 Å². The van der Waals surface area contributed by atoms with Gasteiger partial charge >= 0.3 is 6.18 Å². The lowest BCUT2D eigenvalue weighted by molar-refractivity contribution is -0.137. The quantitative estimate of drug-likeness (QED) is 0.550. The second kappa shape index (κ2) is 11.5. The van der Waals surface area contributed by atoms with Gasteiger partial charge < -0.3 is 10.6 Å². The number of nitrogens with zero attached hydrogens (tertiary/aromatic N) is 1. The molecule has 1 aliphatic rings. The van der Waals surface area contributed by atoms with Crippen LogP contribution in [0.15, 0.2) is 48.5 Å². The van der Waals surface area contributed by atoms with Crippen LogP contribution in [0.3, 0.4) is 0 Å². The van der Waals surface area contributed by atoms with Crippen molar-refractivity contribution in [1.82, 2.24) is 10.2 Å². The van der Waals surface area contributed by atoms with Gasteiger partial charge in [0.25, 0.3) is 0 Å². The van der Waals surface area contributed by atoms with Crippen molar-refractivity contribution in [2.75, 3.05) is 29.9 Å². The van der Waals surface area contributed by atoms with Crippen molar-refractivity contribution in [3.63, 3.8) is 0 Å². The molecule has 178 valence electrons. The third-order valence-electron chi connectivity index (χ3n) is 5.21. The number of carbonyl (C=O) groups excluding carboxylic acids is 2. The number of likely N-dealkylation sites (tertiary alicyclic amines) is 1. The lowest BCUT2D eigenvalue weighted by atomic mass is 10.0. The van der Waals surface area contributed by atoms with Crippen molar-refractivity contribution in [2.45, 2.75) is 31.6 Å². The Bertz CT molecular complexity index is 945. The molecule has 2 amide bonds. The fourth-order valence-electron chi connectivity index (χ4n) is 3.58. The zero-order valence-electron chi connectivity index (χ0n) is 17.8. The first-order valence-corrected chi connectivity index (χ1v) is 11.7. The molecule has 1 fully saturated rings. The Balaban J connectivity index is 1.33. The number of hydrogen-bond acceptors (Lipinski definition) is 4. The maximum Gasteiger partial charge on any atom is 0.416 e. The van der Waals surface area contributed by atoms with Crippen molar-refractivity contribution in [2.24, 2.45) is 0 Å². The number of thioether (sulfide) groups is 1. The van der Waals surface area contributed by atoms with Gasteiger partial charge in [-0.2, -0.15) is 13.2 Å². The molecular formula is C23H25F4N3O2S. The molecule has 1 saturated heterocycles. The van der Waals surface area contributed by atoms with Crippen molar-refractivity contribution in [1.29, 1.82) is 0 Å². The molecule has 2 N–H and O–H groups in total. The summed E-state index contributed by atoms with van der Waals surface area (Å²) in [5.74, 6) is -0.588. The highest BCUT2D eigenvalue weighted by atomic mass is 32.2. The zero-order chi connectivity index (χ0) is 23.8. The van der Waals surface area contributed by atoms with Crippen LogP contribution in [0.5, 0.6) is 0 Å². The number of amides is 2. The van der Waals surface area contributed by atoms with Gasteiger partial charge in [-0.15, -0.1) is 11.8 Å². The Hall–Kier alpha value is -2.59. The number of alkyl halides is 3. The number of nitrogens with one attached hydrogen (secondary N) is 2. The predicted molar refractivity (Wildman–Crippen MR) is 120 cm³/mol. The maximum absolute atomic E-state index is 12.9. The summed E-state index contributed by atoms with van der Waals surface area (Å²) in [5, 5.41) is 5.59. The fraction of sp³-hybridized carbons (Fsp3) is 0.391. The van der Waals surface area contributed by atoms with Gasteiger partial charge in [0.05, 0.1) is 17.1 Å². The van der Waals surface area contributed by atoms with Gasteiger partial charge in [0, 0.05) is 31.4 Å². The molecule has 0 aliphatic carbocycles. The van der Waals surface area contributed by atoms with Crippen LogP contribution >= 0.6 is 11.8 Å². The smallest absolute Gasteiger partial charge is 0.353 e. The number of piperidine rings is 1. The van der Waals surface area contributed by atoms with E-state index < -0.39 is 11.7 Å². The average molecular weight is 484 g/mol. The Morgan fingerprint density at radius 1 is 1.00 bits per heavy atom. The van der Waals surface area contributed by atoms with E-state index in [0.29, 0.717) is 43.7 Å². The van der Waals surface area contributed by atoms with Gasteiger partial charge in [-0.3, -0.25) is 14.5 Å². The summed E-state index contributed by atoms with van der Waals surface area (Å²) < 4.78 is 51.5. The van der Waals surface area contributed by atoms with Crippen molar-refractivity contribution >= 4 is 29.3 Å². The summed E-state index contributed by atoms with van der Waals surface area (Å²) in [5.41, 5.74) is 0.456. The van der Waals surface area contributed by atoms with Gasteiger partial charge in [-0.05, 0) is 48.7 Å². The van der Waals surface area contributed by atoms with E-state index in [0.717, 1.165) is 6.07 Å². The van der Waals surface area contributed by atoms with Crippen LogP contribution in [-0.2, 0) is 22.3 Å². The molecule has 1 aliphatic heterocycles. The fourth-order valence-corrected chi connectivity index (χ4v) is 4.20. The molecule has 5 nitrogen and oxygen atoms in total. The molecule has 0 bridgehead atoms. The first-order valence-electron chi connectivity index (χ1n) is 10.5. The topological polar surface area (TPSA) is 61.4 Å². The average Bonchev–Trinajstić information content (AvgIpc) is 2.76. The Kier molecular flexibility index (Phi) is 8.74. The first-order chi connectivity index (χ1) is 15.7. The van der Waals surface area contributed by atoms with Crippen molar-refractivity contribution in [3.8, 4) is 0 Å². The Labute approximate surface area is 193 Å². The largest absolute Gasteiger partial charge is 0.416 e. The van der Waals surface area contributed by atoms with Crippen LogP contribution in [0, 0.1) is 5.82 Å². The summed E-state index contributed by atoms with van der Waals surface area (Å²) in [7, 11) is 0. The van der Waals surface area contributed by atoms with Crippen LogP contribution in [-0.4, -0.2) is 47.4 Å². The van der Waals surface area contributed by atoms with Gasteiger partial charge in [-0.25, -0.2) is 4.39 Å². The summed E-state index contributed by atoms with van der Waals surface area (Å²) in [4.78, 5) is 26.1. The van der Waals surface area contributed by atoms with Crippen LogP contribution in [0.4, 0.5) is 23.2 Å². The van der Waals surface area contributed by atoms with E-state index in [9.17, 15) is 27.2 Å². The molecule has 10 heteroatoms. The molecule has 0 radical (unpaired) electrons. The number of hydrogen-bond donors (Lipinski definition) is 2. The van der Waals surface area contributed by atoms with Gasteiger partial charge in [0.1, 0.15) is 5.82 Å². The molecule has 33 heavy (non-hydrogen) atoms. The summed E-state index contributed by atoms with van der Waals surface area (Å²) in [6, 6.07) is 10.8. The molecule has 0 saturated carbocycles. The van der Waals surface area contributed by atoms with Crippen molar-refractivity contribution in [3.05, 3.63) is 65.5 Å². The zero-order valence-corrected chi connectivity index (χ0v) is 18.6. The van der Waals surface area contributed by atoms with E-state index in [4.69, 9.17) is 0 Å². The molecule has 0 unspecified atom stereocenters. The number of halogens is 4. The molecule has 0 atom stereocenters. The number of carbonyl (C=O) groups is 2. The van der Waals surface area contributed by atoms with Crippen LogP contribution in [0.25, 0.3) is 0 Å². The van der Waals surface area contributed by atoms with E-state index >= 15 is 0 Å². The summed E-state index contributed by atoms with van der Waals surface area (Å²) in [6.45, 7) is 1.78. The minimum absolute atomic E-state index is 0.00361. The van der Waals surface area contributed by atoms with Gasteiger partial charge in [0.2, 0.25) is 11.8 Å². The summed E-state index contributed by atoms with van der Waals surface area (Å²) in [6.07, 6.45) is -2.94. The Morgan fingerprint density at radius 3 is 2.33 bits per heavy atom. The molecule has 0 spiro atoms. The first kappa shape index (κ1) is 25.0.